The average molecular weight is 537 g/mol. The summed E-state index contributed by atoms with van der Waals surface area (Å²) in [5.74, 6) is -1.55. The molecule has 3 aromatic rings. The van der Waals surface area contributed by atoms with Crippen molar-refractivity contribution in [1.29, 1.82) is 0 Å². The van der Waals surface area contributed by atoms with Crippen LogP contribution in [0.5, 0.6) is 0 Å². The van der Waals surface area contributed by atoms with E-state index >= 15 is 8.78 Å². The maximum Gasteiger partial charge on any atom is 0.298 e. The summed E-state index contributed by atoms with van der Waals surface area (Å²) in [7, 11) is 0. The third kappa shape index (κ3) is 5.21. The summed E-state index contributed by atoms with van der Waals surface area (Å²) in [6.45, 7) is 7.85. The van der Waals surface area contributed by atoms with Gasteiger partial charge in [0.15, 0.2) is 0 Å². The first-order valence-corrected chi connectivity index (χ1v) is 14.4. The second-order valence-corrected chi connectivity index (χ2v) is 11.1. The van der Waals surface area contributed by atoms with Crippen molar-refractivity contribution in [2.75, 3.05) is 43.1 Å². The molecule has 2 fully saturated rings. The van der Waals surface area contributed by atoms with E-state index in [1.165, 1.54) is 22.9 Å². The molecule has 0 saturated carbocycles. The summed E-state index contributed by atoms with van der Waals surface area (Å²) in [6, 6.07) is 8.77. The summed E-state index contributed by atoms with van der Waals surface area (Å²) >= 11 is 0. The molecule has 2 aliphatic heterocycles. The molecule has 1 aliphatic carbocycles. The smallest absolute Gasteiger partial charge is 0.298 e. The molecule has 0 spiro atoms. The molecule has 1 aromatic heterocycles. The van der Waals surface area contributed by atoms with Gasteiger partial charge in [-0.15, -0.1) is 0 Å². The van der Waals surface area contributed by atoms with Crippen molar-refractivity contribution < 1.29 is 18.3 Å². The van der Waals surface area contributed by atoms with E-state index in [0.29, 0.717) is 25.3 Å². The third-order valence-electron chi connectivity index (χ3n) is 8.38. The highest BCUT2D eigenvalue weighted by Crippen LogP contribution is 2.41. The lowest BCUT2D eigenvalue weighted by atomic mass is 9.97. The number of hydrogen-bond acceptors (Lipinski definition) is 6. The van der Waals surface area contributed by atoms with Crippen LogP contribution in [-0.2, 0) is 28.2 Å². The van der Waals surface area contributed by atoms with Gasteiger partial charge in [0.05, 0.1) is 5.52 Å². The zero-order valence-electron chi connectivity index (χ0n) is 22.9. The Morgan fingerprint density at radius 3 is 2.56 bits per heavy atom. The van der Waals surface area contributed by atoms with Crippen molar-refractivity contribution in [3.8, 4) is 0 Å². The number of hydrogen-bond donors (Lipinski definition) is 1. The minimum Gasteiger partial charge on any atom is -0.381 e. The Hall–Kier alpha value is -2.84. The lowest BCUT2D eigenvalue weighted by Gasteiger charge is -2.30. The minimum atomic E-state index is -3.02. The largest absolute Gasteiger partial charge is 0.381 e. The van der Waals surface area contributed by atoms with Crippen LogP contribution in [0, 0.1) is 6.92 Å². The van der Waals surface area contributed by atoms with Crippen molar-refractivity contribution in [3.05, 3.63) is 58.4 Å². The van der Waals surface area contributed by atoms with Gasteiger partial charge in [-0.3, -0.25) is 0 Å². The Labute approximate surface area is 229 Å². The Bertz CT molecular complexity index is 1330. The molecule has 0 unspecified atom stereocenters. The van der Waals surface area contributed by atoms with E-state index < -0.39 is 12.0 Å². The molecule has 3 heterocycles. The number of rotatable bonds is 6. The molecular formula is C31H38F2N4O2. The number of halogens is 2. The van der Waals surface area contributed by atoms with Gasteiger partial charge in [-0.2, -0.15) is 8.78 Å². The van der Waals surface area contributed by atoms with Crippen LogP contribution in [0.4, 0.5) is 20.3 Å². The number of ether oxygens (including phenoxy) is 2. The van der Waals surface area contributed by atoms with Gasteiger partial charge in [0, 0.05) is 55.6 Å². The molecule has 2 saturated heterocycles. The summed E-state index contributed by atoms with van der Waals surface area (Å²) in [4.78, 5) is 12.2. The minimum absolute atomic E-state index is 0.00504. The quantitative estimate of drug-likeness (QED) is 0.389. The standard InChI is InChI=1S/C31H38F2N4O2/c1-20(22-8-3-9-23(18-22)31(32,33)28-12-5-17-39-28)34-30-26-19-27(37-13-6-15-38-16-7-14-37)24-10-4-11-25(24)29(26)35-21(2)36-30/h3,8-9,18-20,28H,4-7,10-17H2,1-2H3,(H,34,35,36)/t20-,28+/m1/s1. The molecule has 0 radical (unpaired) electrons. The van der Waals surface area contributed by atoms with Gasteiger partial charge in [-0.25, -0.2) is 9.97 Å². The Morgan fingerprint density at radius 1 is 1.00 bits per heavy atom. The molecule has 39 heavy (non-hydrogen) atoms. The number of alkyl halides is 2. The lowest BCUT2D eigenvalue weighted by Crippen LogP contribution is -2.30. The van der Waals surface area contributed by atoms with Crippen LogP contribution >= 0.6 is 0 Å². The Balaban J connectivity index is 1.35. The number of nitrogens with zero attached hydrogens (tertiary/aromatic N) is 3. The van der Waals surface area contributed by atoms with Gasteiger partial charge in [0.2, 0.25) is 0 Å². The first-order chi connectivity index (χ1) is 18.9. The fraction of sp³-hybridized carbons (Fsp3) is 0.548. The zero-order valence-corrected chi connectivity index (χ0v) is 22.9. The molecule has 2 atom stereocenters. The maximum atomic E-state index is 15.2. The molecule has 208 valence electrons. The molecular weight excluding hydrogens is 498 g/mol. The fourth-order valence-electron chi connectivity index (χ4n) is 6.37. The number of aryl methyl sites for hydroxylation is 2. The van der Waals surface area contributed by atoms with Crippen LogP contribution in [0.1, 0.15) is 73.1 Å². The maximum absolute atomic E-state index is 15.2. The second-order valence-electron chi connectivity index (χ2n) is 11.1. The summed E-state index contributed by atoms with van der Waals surface area (Å²) < 4.78 is 41.5. The fourth-order valence-corrected chi connectivity index (χ4v) is 6.37. The van der Waals surface area contributed by atoms with E-state index in [9.17, 15) is 0 Å². The SMILES string of the molecule is Cc1nc(N[C@H](C)c2cccc(C(F)(F)[C@@H]3CCCO3)c2)c2cc(N3CCCOCCC3)c3c(c2n1)CCC3. The van der Waals surface area contributed by atoms with Gasteiger partial charge in [-0.05, 0) is 87.6 Å². The third-order valence-corrected chi connectivity index (χ3v) is 8.38. The molecule has 3 aliphatic rings. The highest BCUT2D eigenvalue weighted by molar-refractivity contribution is 5.96. The van der Waals surface area contributed by atoms with Gasteiger partial charge in [-0.1, -0.05) is 18.2 Å². The number of aromatic nitrogens is 2. The van der Waals surface area contributed by atoms with Crippen molar-refractivity contribution in [2.24, 2.45) is 0 Å². The van der Waals surface area contributed by atoms with Crippen molar-refractivity contribution in [1.82, 2.24) is 9.97 Å². The zero-order chi connectivity index (χ0) is 27.0. The second kappa shape index (κ2) is 11.0. The van der Waals surface area contributed by atoms with E-state index in [2.05, 4.69) is 16.3 Å². The average Bonchev–Trinajstić information content (AvgIpc) is 3.62. The van der Waals surface area contributed by atoms with Crippen LogP contribution in [0.3, 0.4) is 0 Å². The van der Waals surface area contributed by atoms with E-state index in [0.717, 1.165) is 80.7 Å². The van der Waals surface area contributed by atoms with Crippen molar-refractivity contribution in [3.63, 3.8) is 0 Å². The molecule has 1 N–H and O–H groups in total. The van der Waals surface area contributed by atoms with Gasteiger partial charge < -0.3 is 19.7 Å². The van der Waals surface area contributed by atoms with Crippen LogP contribution in [0.15, 0.2) is 30.3 Å². The monoisotopic (exact) mass is 536 g/mol. The van der Waals surface area contributed by atoms with Crippen LogP contribution < -0.4 is 10.2 Å². The predicted molar refractivity (Wildman–Crippen MR) is 150 cm³/mol. The van der Waals surface area contributed by atoms with Crippen LogP contribution in [-0.4, -0.2) is 49.0 Å². The van der Waals surface area contributed by atoms with Crippen molar-refractivity contribution >= 4 is 22.4 Å². The molecule has 8 heteroatoms. The normalized spacial score (nSPS) is 21.0. The highest BCUT2D eigenvalue weighted by atomic mass is 19.3. The molecule has 6 nitrogen and oxygen atoms in total. The number of anilines is 2. The van der Waals surface area contributed by atoms with E-state index in [1.54, 1.807) is 12.1 Å². The number of benzene rings is 2. The topological polar surface area (TPSA) is 59.5 Å². The molecule has 6 rings (SSSR count). The van der Waals surface area contributed by atoms with Gasteiger partial charge in [0.1, 0.15) is 17.7 Å². The Morgan fingerprint density at radius 2 is 1.79 bits per heavy atom. The number of nitrogens with one attached hydrogen (secondary N) is 1. The molecule has 0 bridgehead atoms. The van der Waals surface area contributed by atoms with Gasteiger partial charge in [0.25, 0.3) is 5.92 Å². The first kappa shape index (κ1) is 26.4. The van der Waals surface area contributed by atoms with E-state index in [1.807, 2.05) is 19.9 Å². The summed E-state index contributed by atoms with van der Waals surface area (Å²) in [6.07, 6.45) is 5.23. The van der Waals surface area contributed by atoms with Crippen LogP contribution in [0.25, 0.3) is 10.9 Å². The molecule has 0 amide bonds. The van der Waals surface area contributed by atoms with E-state index in [4.69, 9.17) is 19.4 Å². The highest BCUT2D eigenvalue weighted by Gasteiger charge is 2.44. The van der Waals surface area contributed by atoms with Crippen molar-refractivity contribution in [2.45, 2.75) is 76.9 Å². The predicted octanol–water partition coefficient (Wildman–Crippen LogP) is 6.49. The number of fused-ring (bicyclic) bond motifs is 3. The summed E-state index contributed by atoms with van der Waals surface area (Å²) in [5, 5.41) is 4.57. The van der Waals surface area contributed by atoms with Crippen LogP contribution in [0.2, 0.25) is 0 Å². The Kier molecular flexibility index (Phi) is 7.42. The summed E-state index contributed by atoms with van der Waals surface area (Å²) in [5.41, 5.74) is 5.86. The van der Waals surface area contributed by atoms with Gasteiger partial charge >= 0.3 is 0 Å². The first-order valence-electron chi connectivity index (χ1n) is 14.4. The molecule has 2 aromatic carbocycles. The van der Waals surface area contributed by atoms with E-state index in [-0.39, 0.29) is 11.6 Å². The lowest BCUT2D eigenvalue weighted by molar-refractivity contribution is -0.122.